The normalized spacial score (nSPS) is 14.1. The number of benzene rings is 2. The Kier molecular flexibility index (Phi) is 5.08. The molecule has 0 fully saturated rings. The topological polar surface area (TPSA) is 28.1 Å². The van der Waals surface area contributed by atoms with Crippen LogP contribution in [0.2, 0.25) is 0 Å². The molecule has 120 valence electrons. The van der Waals surface area contributed by atoms with Gasteiger partial charge in [-0.1, -0.05) is 28.1 Å². The molecule has 0 saturated heterocycles. The lowest BCUT2D eigenvalue weighted by Gasteiger charge is -2.21. The molecule has 1 aliphatic rings. The van der Waals surface area contributed by atoms with Crippen molar-refractivity contribution in [2.45, 2.75) is 6.54 Å². The molecule has 2 aromatic carbocycles. The van der Waals surface area contributed by atoms with Crippen molar-refractivity contribution in [2.75, 3.05) is 24.7 Å². The summed E-state index contributed by atoms with van der Waals surface area (Å²) in [7, 11) is 1.68. The minimum Gasteiger partial charge on any atom is -0.497 e. The molecule has 0 aliphatic carbocycles. The highest BCUT2D eigenvalue weighted by atomic mass is 79.9. The molecule has 0 radical (unpaired) electrons. The smallest absolute Gasteiger partial charge is 0.142 e. The number of alkyl halides is 1. The summed E-state index contributed by atoms with van der Waals surface area (Å²) >= 11 is 9.53. The van der Waals surface area contributed by atoms with Crippen LogP contribution in [0.15, 0.2) is 58.1 Å². The number of ether oxygens (including phenoxy) is 1. The zero-order valence-corrected chi connectivity index (χ0v) is 15.1. The largest absolute Gasteiger partial charge is 0.497 e. The minimum atomic E-state index is 0.386. The van der Waals surface area contributed by atoms with Gasteiger partial charge in [-0.05, 0) is 42.0 Å². The molecule has 0 aromatic heterocycles. The van der Waals surface area contributed by atoms with Crippen LogP contribution in [0.3, 0.4) is 0 Å². The van der Waals surface area contributed by atoms with Crippen molar-refractivity contribution >= 4 is 39.1 Å². The fourth-order valence-corrected chi connectivity index (χ4v) is 2.96. The Balaban J connectivity index is 1.76. The van der Waals surface area contributed by atoms with Crippen LogP contribution in [0.1, 0.15) is 5.56 Å². The van der Waals surface area contributed by atoms with Crippen LogP contribution in [0.5, 0.6) is 5.75 Å². The third kappa shape index (κ3) is 3.79. The summed E-state index contributed by atoms with van der Waals surface area (Å²) in [6.07, 6.45) is 0. The first kappa shape index (κ1) is 16.1. The van der Waals surface area contributed by atoms with Gasteiger partial charge in [-0.3, -0.25) is 0 Å². The van der Waals surface area contributed by atoms with Gasteiger partial charge in [-0.15, -0.1) is 11.6 Å². The van der Waals surface area contributed by atoms with E-state index in [1.54, 1.807) is 7.11 Å². The maximum Gasteiger partial charge on any atom is 0.142 e. The van der Waals surface area contributed by atoms with Crippen molar-refractivity contribution in [3.63, 3.8) is 0 Å². The molecule has 0 N–H and O–H groups in total. The second kappa shape index (κ2) is 7.23. The maximum absolute atomic E-state index is 6.07. The highest BCUT2D eigenvalue weighted by Crippen LogP contribution is 2.24. The summed E-state index contributed by atoms with van der Waals surface area (Å²) in [5.74, 6) is 2.12. The Morgan fingerprint density at radius 1 is 1.22 bits per heavy atom. The fourth-order valence-electron chi connectivity index (χ4n) is 2.47. The van der Waals surface area contributed by atoms with Crippen LogP contribution >= 0.6 is 27.5 Å². The summed E-state index contributed by atoms with van der Waals surface area (Å²) in [4.78, 5) is 2.17. The summed E-state index contributed by atoms with van der Waals surface area (Å²) in [5.41, 5.74) is 2.21. The predicted octanol–water partition coefficient (Wildman–Crippen LogP) is 4.29. The summed E-state index contributed by atoms with van der Waals surface area (Å²) < 4.78 is 6.34. The van der Waals surface area contributed by atoms with E-state index in [0.717, 1.165) is 28.3 Å². The zero-order valence-electron chi connectivity index (χ0n) is 12.7. The van der Waals surface area contributed by atoms with Crippen LogP contribution in [0, 0.1) is 0 Å². The number of hydrazone groups is 1. The second-order valence-electron chi connectivity index (χ2n) is 5.22. The van der Waals surface area contributed by atoms with E-state index >= 15 is 0 Å². The molecule has 1 heterocycles. The molecule has 0 unspecified atom stereocenters. The van der Waals surface area contributed by atoms with Crippen molar-refractivity contribution in [3.8, 4) is 5.75 Å². The number of nitrogens with zero attached hydrogens (tertiary/aromatic N) is 3. The van der Waals surface area contributed by atoms with Crippen LogP contribution in [-0.4, -0.2) is 30.4 Å². The number of anilines is 1. The Labute approximate surface area is 149 Å². The molecule has 0 spiro atoms. The molecule has 0 saturated carbocycles. The highest BCUT2D eigenvalue weighted by molar-refractivity contribution is 9.10. The Morgan fingerprint density at radius 3 is 2.70 bits per heavy atom. The summed E-state index contributed by atoms with van der Waals surface area (Å²) in [6, 6.07) is 16.1. The first-order valence-corrected chi connectivity index (χ1v) is 8.57. The van der Waals surface area contributed by atoms with E-state index < -0.39 is 0 Å². The van der Waals surface area contributed by atoms with Gasteiger partial charge >= 0.3 is 0 Å². The molecule has 3 rings (SSSR count). The van der Waals surface area contributed by atoms with E-state index in [1.165, 1.54) is 5.56 Å². The first-order valence-electron chi connectivity index (χ1n) is 7.24. The van der Waals surface area contributed by atoms with Crippen LogP contribution < -0.4 is 9.75 Å². The number of methoxy groups -OCH3 is 1. The molecular formula is C17H17BrClN3O. The molecule has 0 atom stereocenters. The van der Waals surface area contributed by atoms with E-state index in [1.807, 2.05) is 47.5 Å². The van der Waals surface area contributed by atoms with Gasteiger partial charge in [0.15, 0.2) is 0 Å². The van der Waals surface area contributed by atoms with Gasteiger partial charge in [-0.25, -0.2) is 5.01 Å². The van der Waals surface area contributed by atoms with Gasteiger partial charge in [-0.2, -0.15) is 5.10 Å². The van der Waals surface area contributed by atoms with E-state index in [-0.39, 0.29) is 0 Å². The van der Waals surface area contributed by atoms with Crippen molar-refractivity contribution in [1.82, 2.24) is 4.90 Å². The van der Waals surface area contributed by atoms with Crippen molar-refractivity contribution in [3.05, 3.63) is 58.6 Å². The Morgan fingerprint density at radius 2 is 2.00 bits per heavy atom. The van der Waals surface area contributed by atoms with Crippen LogP contribution in [0.4, 0.5) is 5.69 Å². The lowest BCUT2D eigenvalue weighted by atomic mass is 10.2. The maximum atomic E-state index is 6.07. The molecule has 0 bridgehead atoms. The Hall–Kier alpha value is -1.72. The van der Waals surface area contributed by atoms with Gasteiger partial charge in [0.1, 0.15) is 18.3 Å². The first-order chi connectivity index (χ1) is 11.2. The quantitative estimate of drug-likeness (QED) is 0.708. The molecule has 0 amide bonds. The third-order valence-corrected chi connectivity index (χ3v) is 4.43. The SMILES string of the molecule is COc1cccc(CN2CN(c3ccc(Br)cc3)N=C2CCl)c1. The average Bonchev–Trinajstić information content (AvgIpc) is 2.98. The molecule has 2 aromatic rings. The van der Waals surface area contributed by atoms with Crippen molar-refractivity contribution in [1.29, 1.82) is 0 Å². The fraction of sp³-hybridized carbons (Fsp3) is 0.235. The monoisotopic (exact) mass is 393 g/mol. The number of rotatable bonds is 5. The zero-order chi connectivity index (χ0) is 16.2. The van der Waals surface area contributed by atoms with E-state index in [0.29, 0.717) is 12.5 Å². The van der Waals surface area contributed by atoms with Gasteiger partial charge in [0.2, 0.25) is 0 Å². The van der Waals surface area contributed by atoms with Gasteiger partial charge in [0.05, 0.1) is 18.7 Å². The van der Waals surface area contributed by atoms with E-state index in [9.17, 15) is 0 Å². The average molecular weight is 395 g/mol. The number of hydrogen-bond acceptors (Lipinski definition) is 4. The highest BCUT2D eigenvalue weighted by Gasteiger charge is 2.23. The molecule has 23 heavy (non-hydrogen) atoms. The minimum absolute atomic E-state index is 0.386. The van der Waals surface area contributed by atoms with Gasteiger partial charge < -0.3 is 9.64 Å². The standard InChI is InChI=1S/C17H17BrClN3O/c1-23-16-4-2-3-13(9-16)11-21-12-22(20-17(21)10-19)15-7-5-14(18)6-8-15/h2-9H,10-12H2,1H3. The molecule has 6 heteroatoms. The summed E-state index contributed by atoms with van der Waals surface area (Å²) in [6.45, 7) is 1.43. The lowest BCUT2D eigenvalue weighted by molar-refractivity contribution is 0.410. The lowest BCUT2D eigenvalue weighted by Crippen LogP contribution is -2.31. The second-order valence-corrected chi connectivity index (χ2v) is 6.40. The molecular weight excluding hydrogens is 378 g/mol. The summed E-state index contributed by atoms with van der Waals surface area (Å²) in [5, 5.41) is 6.59. The molecule has 1 aliphatic heterocycles. The van der Waals surface area contributed by atoms with E-state index in [4.69, 9.17) is 16.3 Å². The number of hydrogen-bond donors (Lipinski definition) is 0. The third-order valence-electron chi connectivity index (χ3n) is 3.66. The predicted molar refractivity (Wildman–Crippen MR) is 98.2 cm³/mol. The van der Waals surface area contributed by atoms with Crippen molar-refractivity contribution in [2.24, 2.45) is 5.10 Å². The number of halogens is 2. The van der Waals surface area contributed by atoms with Crippen LogP contribution in [0.25, 0.3) is 0 Å². The van der Waals surface area contributed by atoms with Crippen molar-refractivity contribution < 1.29 is 4.74 Å². The van der Waals surface area contributed by atoms with E-state index in [2.05, 4.69) is 32.0 Å². The molecule has 4 nitrogen and oxygen atoms in total. The van der Waals surface area contributed by atoms with Gasteiger partial charge in [0, 0.05) is 11.0 Å². The number of amidine groups is 1. The van der Waals surface area contributed by atoms with Crippen LogP contribution in [-0.2, 0) is 6.54 Å². The Bertz CT molecular complexity index is 705. The van der Waals surface area contributed by atoms with Gasteiger partial charge in [0.25, 0.3) is 0 Å².